The summed E-state index contributed by atoms with van der Waals surface area (Å²) >= 11 is 0. The second-order valence-corrected chi connectivity index (χ2v) is 4.91. The minimum absolute atomic E-state index is 0.281. The fourth-order valence-corrected chi connectivity index (χ4v) is 2.17. The highest BCUT2D eigenvalue weighted by Gasteiger charge is 2.14. The van der Waals surface area contributed by atoms with Crippen LogP contribution in [0.4, 0.5) is 11.4 Å². The third-order valence-electron chi connectivity index (χ3n) is 3.29. The van der Waals surface area contributed by atoms with Crippen molar-refractivity contribution in [2.45, 2.75) is 6.42 Å². The average molecular weight is 283 g/mol. The van der Waals surface area contributed by atoms with Crippen molar-refractivity contribution in [3.63, 3.8) is 0 Å². The molecular formula is C16H17N3O2. The highest BCUT2D eigenvalue weighted by atomic mass is 16.5. The molecule has 0 unspecified atom stereocenters. The SMILES string of the molecule is Nc1ccc2c(c1)OCC(=NCCc1ccc(O)cc1)N2. The lowest BCUT2D eigenvalue weighted by atomic mass is 10.1. The van der Waals surface area contributed by atoms with Crippen molar-refractivity contribution >= 4 is 17.2 Å². The summed E-state index contributed by atoms with van der Waals surface area (Å²) in [6.45, 7) is 1.09. The van der Waals surface area contributed by atoms with Gasteiger partial charge in [0.05, 0.1) is 5.69 Å². The minimum Gasteiger partial charge on any atom is -0.508 e. The zero-order valence-corrected chi connectivity index (χ0v) is 11.5. The van der Waals surface area contributed by atoms with Crippen LogP contribution >= 0.6 is 0 Å². The molecule has 1 heterocycles. The van der Waals surface area contributed by atoms with Crippen LogP contribution in [0.1, 0.15) is 5.56 Å². The summed E-state index contributed by atoms with van der Waals surface area (Å²) in [4.78, 5) is 4.51. The van der Waals surface area contributed by atoms with Gasteiger partial charge < -0.3 is 20.9 Å². The third kappa shape index (κ3) is 3.25. The van der Waals surface area contributed by atoms with E-state index in [2.05, 4.69) is 10.3 Å². The van der Waals surface area contributed by atoms with Gasteiger partial charge in [-0.25, -0.2) is 0 Å². The first-order valence-corrected chi connectivity index (χ1v) is 6.81. The molecule has 0 saturated heterocycles. The zero-order valence-electron chi connectivity index (χ0n) is 11.5. The normalized spacial score (nSPS) is 15.1. The Morgan fingerprint density at radius 1 is 1.19 bits per heavy atom. The van der Waals surface area contributed by atoms with Gasteiger partial charge in [0.15, 0.2) is 0 Å². The van der Waals surface area contributed by atoms with Crippen molar-refractivity contribution in [2.75, 3.05) is 24.2 Å². The number of nitrogens with two attached hydrogens (primary N) is 1. The molecule has 5 heteroatoms. The number of fused-ring (bicyclic) bond motifs is 1. The lowest BCUT2D eigenvalue weighted by Gasteiger charge is -2.21. The predicted molar refractivity (Wildman–Crippen MR) is 84.1 cm³/mol. The summed E-state index contributed by atoms with van der Waals surface area (Å²) in [5.41, 5.74) is 8.43. The van der Waals surface area contributed by atoms with E-state index in [1.54, 1.807) is 18.2 Å². The minimum atomic E-state index is 0.281. The Morgan fingerprint density at radius 2 is 2.00 bits per heavy atom. The van der Waals surface area contributed by atoms with E-state index in [0.29, 0.717) is 18.8 Å². The number of amidine groups is 1. The van der Waals surface area contributed by atoms with Gasteiger partial charge in [-0.3, -0.25) is 4.99 Å². The van der Waals surface area contributed by atoms with Gasteiger partial charge in [0.1, 0.15) is 23.9 Å². The van der Waals surface area contributed by atoms with Crippen molar-refractivity contribution in [3.8, 4) is 11.5 Å². The molecule has 21 heavy (non-hydrogen) atoms. The average Bonchev–Trinajstić information content (AvgIpc) is 2.49. The molecule has 2 aromatic rings. The Balaban J connectivity index is 1.60. The monoisotopic (exact) mass is 283 g/mol. The number of phenols is 1. The van der Waals surface area contributed by atoms with Gasteiger partial charge in [-0.2, -0.15) is 0 Å². The Bertz CT molecular complexity index is 666. The zero-order chi connectivity index (χ0) is 14.7. The number of aromatic hydroxyl groups is 1. The summed E-state index contributed by atoms with van der Waals surface area (Å²) in [6.07, 6.45) is 0.819. The van der Waals surface area contributed by atoms with E-state index in [4.69, 9.17) is 10.5 Å². The van der Waals surface area contributed by atoms with Crippen LogP contribution in [0.15, 0.2) is 47.5 Å². The lowest BCUT2D eigenvalue weighted by Crippen LogP contribution is -2.26. The molecule has 0 saturated carbocycles. The molecule has 0 spiro atoms. The Labute approximate surface area is 123 Å². The molecule has 108 valence electrons. The van der Waals surface area contributed by atoms with Crippen LogP contribution in [-0.2, 0) is 6.42 Å². The van der Waals surface area contributed by atoms with Crippen LogP contribution in [0.25, 0.3) is 0 Å². The van der Waals surface area contributed by atoms with E-state index in [-0.39, 0.29) is 5.75 Å². The second-order valence-electron chi connectivity index (χ2n) is 4.91. The molecule has 0 bridgehead atoms. The number of hydrogen-bond acceptors (Lipinski definition) is 4. The molecule has 0 amide bonds. The molecule has 1 aliphatic heterocycles. The molecule has 2 aromatic carbocycles. The molecule has 4 N–H and O–H groups in total. The van der Waals surface area contributed by atoms with Crippen LogP contribution < -0.4 is 15.8 Å². The topological polar surface area (TPSA) is 79.9 Å². The van der Waals surface area contributed by atoms with Crippen LogP contribution in [-0.4, -0.2) is 24.1 Å². The summed E-state index contributed by atoms with van der Waals surface area (Å²) in [7, 11) is 0. The number of ether oxygens (including phenoxy) is 1. The Morgan fingerprint density at radius 3 is 2.81 bits per heavy atom. The molecular weight excluding hydrogens is 266 g/mol. The number of benzene rings is 2. The standard InChI is InChI=1S/C16H17N3O2/c17-12-3-6-14-15(9-12)21-10-16(19-14)18-8-7-11-1-4-13(20)5-2-11/h1-6,9,20H,7-8,10,17H2,(H,18,19). The van der Waals surface area contributed by atoms with Gasteiger partial charge in [0, 0.05) is 18.3 Å². The molecule has 0 aromatic heterocycles. The first-order chi connectivity index (χ1) is 10.2. The number of anilines is 2. The highest BCUT2D eigenvalue weighted by molar-refractivity contribution is 5.99. The maximum Gasteiger partial charge on any atom is 0.146 e. The predicted octanol–water partition coefficient (Wildman–Crippen LogP) is 2.42. The van der Waals surface area contributed by atoms with Gasteiger partial charge in [0.2, 0.25) is 0 Å². The van der Waals surface area contributed by atoms with Crippen molar-refractivity contribution in [1.82, 2.24) is 0 Å². The molecule has 3 rings (SSSR count). The lowest BCUT2D eigenvalue weighted by molar-refractivity contribution is 0.372. The van der Waals surface area contributed by atoms with Crippen LogP contribution in [0.5, 0.6) is 11.5 Å². The van der Waals surface area contributed by atoms with E-state index >= 15 is 0 Å². The van der Waals surface area contributed by atoms with Crippen LogP contribution in [0.3, 0.4) is 0 Å². The van der Waals surface area contributed by atoms with Gasteiger partial charge in [-0.15, -0.1) is 0 Å². The molecule has 0 fully saturated rings. The molecule has 0 atom stereocenters. The highest BCUT2D eigenvalue weighted by Crippen LogP contribution is 2.29. The Hall–Kier alpha value is -2.69. The van der Waals surface area contributed by atoms with E-state index in [1.165, 1.54) is 0 Å². The van der Waals surface area contributed by atoms with E-state index in [1.807, 2.05) is 24.3 Å². The molecule has 1 aliphatic rings. The maximum atomic E-state index is 9.24. The number of phenolic OH excluding ortho intramolecular Hbond substituents is 1. The van der Waals surface area contributed by atoms with Crippen molar-refractivity contribution < 1.29 is 9.84 Å². The van der Waals surface area contributed by atoms with E-state index in [9.17, 15) is 5.11 Å². The number of hydrogen-bond donors (Lipinski definition) is 3. The van der Waals surface area contributed by atoms with Gasteiger partial charge in [0.25, 0.3) is 0 Å². The summed E-state index contributed by atoms with van der Waals surface area (Å²) in [5.74, 6) is 1.85. The number of nitrogens with zero attached hydrogens (tertiary/aromatic N) is 1. The van der Waals surface area contributed by atoms with Gasteiger partial charge in [-0.05, 0) is 36.2 Å². The fourth-order valence-electron chi connectivity index (χ4n) is 2.17. The summed E-state index contributed by atoms with van der Waals surface area (Å²) in [5, 5.41) is 12.5. The van der Waals surface area contributed by atoms with E-state index < -0.39 is 0 Å². The quantitative estimate of drug-likeness (QED) is 0.756. The van der Waals surface area contributed by atoms with Gasteiger partial charge >= 0.3 is 0 Å². The smallest absolute Gasteiger partial charge is 0.146 e. The van der Waals surface area contributed by atoms with E-state index in [0.717, 1.165) is 29.3 Å². The summed E-state index contributed by atoms with van der Waals surface area (Å²) in [6, 6.07) is 12.7. The Kier molecular flexibility index (Phi) is 3.64. The first kappa shape index (κ1) is 13.3. The second kappa shape index (κ2) is 5.75. The third-order valence-corrected chi connectivity index (χ3v) is 3.29. The molecule has 0 radical (unpaired) electrons. The number of rotatable bonds is 3. The molecule has 5 nitrogen and oxygen atoms in total. The summed E-state index contributed by atoms with van der Waals surface area (Å²) < 4.78 is 5.63. The van der Waals surface area contributed by atoms with Crippen LogP contribution in [0.2, 0.25) is 0 Å². The van der Waals surface area contributed by atoms with Crippen molar-refractivity contribution in [2.24, 2.45) is 4.99 Å². The van der Waals surface area contributed by atoms with Gasteiger partial charge in [-0.1, -0.05) is 12.1 Å². The fraction of sp³-hybridized carbons (Fsp3) is 0.188. The van der Waals surface area contributed by atoms with Crippen molar-refractivity contribution in [3.05, 3.63) is 48.0 Å². The number of nitrogen functional groups attached to an aromatic ring is 1. The number of aliphatic imine (C=N–C) groups is 1. The molecule has 0 aliphatic carbocycles. The van der Waals surface area contributed by atoms with Crippen LogP contribution in [0, 0.1) is 0 Å². The first-order valence-electron chi connectivity index (χ1n) is 6.81. The number of nitrogens with one attached hydrogen (secondary N) is 1. The van der Waals surface area contributed by atoms with Crippen molar-refractivity contribution in [1.29, 1.82) is 0 Å². The largest absolute Gasteiger partial charge is 0.508 e. The maximum absolute atomic E-state index is 9.24.